The highest BCUT2D eigenvalue weighted by Crippen LogP contribution is 2.23. The Morgan fingerprint density at radius 3 is 3.00 bits per heavy atom. The summed E-state index contributed by atoms with van der Waals surface area (Å²) in [6.07, 6.45) is 1.45. The van der Waals surface area contributed by atoms with Gasteiger partial charge in [-0.2, -0.15) is 0 Å². The summed E-state index contributed by atoms with van der Waals surface area (Å²) in [6.45, 7) is 3.54. The molecule has 0 bridgehead atoms. The van der Waals surface area contributed by atoms with Gasteiger partial charge in [0.15, 0.2) is 0 Å². The third-order valence-corrected chi connectivity index (χ3v) is 3.57. The van der Waals surface area contributed by atoms with Crippen molar-refractivity contribution < 1.29 is 9.59 Å². The Bertz CT molecular complexity index is 497. The van der Waals surface area contributed by atoms with Crippen molar-refractivity contribution in [3.8, 4) is 0 Å². The van der Waals surface area contributed by atoms with E-state index in [1.165, 1.54) is 0 Å². The van der Waals surface area contributed by atoms with Gasteiger partial charge in [0.1, 0.15) is 5.82 Å². The zero-order valence-corrected chi connectivity index (χ0v) is 10.2. The lowest BCUT2D eigenvalue weighted by molar-refractivity contribution is -0.130. The predicted octanol–water partition coefficient (Wildman–Crippen LogP) is -0.440. The van der Waals surface area contributed by atoms with Crippen LogP contribution in [0.5, 0.6) is 0 Å². The van der Waals surface area contributed by atoms with Crippen molar-refractivity contribution in [1.29, 1.82) is 0 Å². The number of carbonyl (C=O) groups excluding carboxylic acids is 2. The average molecular weight is 249 g/mol. The maximum atomic E-state index is 12.2. The van der Waals surface area contributed by atoms with Crippen LogP contribution in [0, 0.1) is 6.92 Å². The smallest absolute Gasteiger partial charge is 0.293 e. The number of carbonyl (C=O) groups is 2. The molecule has 7 nitrogen and oxygen atoms in total. The quantitative estimate of drug-likeness (QED) is 0.731. The Kier molecular flexibility index (Phi) is 2.53. The van der Waals surface area contributed by atoms with Gasteiger partial charge in [0, 0.05) is 32.1 Å². The molecule has 1 atom stereocenters. The van der Waals surface area contributed by atoms with Gasteiger partial charge in [0.25, 0.3) is 5.91 Å². The molecule has 0 spiro atoms. The summed E-state index contributed by atoms with van der Waals surface area (Å²) >= 11 is 0. The third-order valence-electron chi connectivity index (χ3n) is 3.57. The molecule has 2 fully saturated rings. The van der Waals surface area contributed by atoms with Crippen molar-refractivity contribution >= 4 is 11.8 Å². The molecule has 2 amide bonds. The van der Waals surface area contributed by atoms with Gasteiger partial charge in [-0.05, 0) is 13.3 Å². The molecule has 3 heterocycles. The number of fused-ring (bicyclic) bond motifs is 1. The van der Waals surface area contributed by atoms with E-state index in [0.29, 0.717) is 31.9 Å². The van der Waals surface area contributed by atoms with Crippen LogP contribution in [0.25, 0.3) is 0 Å². The largest absolute Gasteiger partial charge is 0.336 e. The number of nitrogens with zero attached hydrogens (tertiary/aromatic N) is 4. The summed E-state index contributed by atoms with van der Waals surface area (Å²) in [5.41, 5.74) is 0. The fraction of sp³-hybridized carbons (Fsp3) is 0.636. The molecule has 0 radical (unpaired) electrons. The molecule has 1 aromatic heterocycles. The van der Waals surface area contributed by atoms with Crippen LogP contribution in [0.1, 0.15) is 29.3 Å². The minimum atomic E-state index is -0.154. The van der Waals surface area contributed by atoms with Gasteiger partial charge in [0.05, 0.1) is 0 Å². The Balaban J connectivity index is 1.71. The van der Waals surface area contributed by atoms with Gasteiger partial charge in [-0.3, -0.25) is 14.7 Å². The Labute approximate surface area is 104 Å². The van der Waals surface area contributed by atoms with Crippen LogP contribution in [0.3, 0.4) is 0 Å². The normalized spacial score (nSPS) is 23.4. The first-order chi connectivity index (χ1) is 8.65. The van der Waals surface area contributed by atoms with Crippen molar-refractivity contribution in [2.75, 3.05) is 19.6 Å². The van der Waals surface area contributed by atoms with E-state index in [1.54, 1.807) is 11.8 Å². The molecule has 1 unspecified atom stereocenters. The fourth-order valence-corrected chi connectivity index (χ4v) is 2.63. The minimum Gasteiger partial charge on any atom is -0.336 e. The SMILES string of the molecule is Cc1nc(C(=O)N2CCN3C(=O)CCC3C2)n[nH]1. The zero-order valence-electron chi connectivity index (χ0n) is 10.2. The number of amides is 2. The molecular weight excluding hydrogens is 234 g/mol. The highest BCUT2D eigenvalue weighted by Gasteiger charge is 2.37. The van der Waals surface area contributed by atoms with Gasteiger partial charge in [-0.1, -0.05) is 0 Å². The van der Waals surface area contributed by atoms with E-state index >= 15 is 0 Å². The van der Waals surface area contributed by atoms with E-state index in [9.17, 15) is 9.59 Å². The summed E-state index contributed by atoms with van der Waals surface area (Å²) in [4.78, 5) is 31.4. The summed E-state index contributed by atoms with van der Waals surface area (Å²) in [5.74, 6) is 0.900. The van der Waals surface area contributed by atoms with Crippen molar-refractivity contribution in [1.82, 2.24) is 25.0 Å². The average Bonchev–Trinajstić information content (AvgIpc) is 2.95. The second kappa shape index (κ2) is 4.08. The first-order valence-corrected chi connectivity index (χ1v) is 6.13. The number of aromatic nitrogens is 3. The Morgan fingerprint density at radius 1 is 1.44 bits per heavy atom. The molecule has 0 saturated carbocycles. The number of hydrogen-bond donors (Lipinski definition) is 1. The van der Waals surface area contributed by atoms with Gasteiger partial charge >= 0.3 is 0 Å². The predicted molar refractivity (Wildman–Crippen MR) is 61.8 cm³/mol. The van der Waals surface area contributed by atoms with E-state index < -0.39 is 0 Å². The van der Waals surface area contributed by atoms with Crippen LogP contribution in [0.4, 0.5) is 0 Å². The first kappa shape index (κ1) is 11.2. The number of nitrogens with one attached hydrogen (secondary N) is 1. The molecule has 1 N–H and O–H groups in total. The Hall–Kier alpha value is -1.92. The zero-order chi connectivity index (χ0) is 12.7. The maximum Gasteiger partial charge on any atom is 0.293 e. The molecular formula is C11H15N5O2. The van der Waals surface area contributed by atoms with Gasteiger partial charge in [0.2, 0.25) is 11.7 Å². The van der Waals surface area contributed by atoms with Crippen LogP contribution in [-0.4, -0.2) is 62.5 Å². The fourth-order valence-electron chi connectivity index (χ4n) is 2.63. The second-order valence-electron chi connectivity index (χ2n) is 4.78. The topological polar surface area (TPSA) is 82.2 Å². The minimum absolute atomic E-state index is 0.154. The van der Waals surface area contributed by atoms with E-state index in [4.69, 9.17) is 0 Å². The van der Waals surface area contributed by atoms with E-state index in [2.05, 4.69) is 15.2 Å². The van der Waals surface area contributed by atoms with Crippen molar-refractivity contribution in [3.63, 3.8) is 0 Å². The summed E-state index contributed by atoms with van der Waals surface area (Å²) in [7, 11) is 0. The van der Waals surface area contributed by atoms with Crippen molar-refractivity contribution in [2.24, 2.45) is 0 Å². The lowest BCUT2D eigenvalue weighted by Gasteiger charge is -2.36. The molecule has 18 heavy (non-hydrogen) atoms. The molecule has 2 aliphatic rings. The number of H-pyrrole nitrogens is 1. The van der Waals surface area contributed by atoms with Crippen LogP contribution < -0.4 is 0 Å². The highest BCUT2D eigenvalue weighted by atomic mass is 16.2. The van der Waals surface area contributed by atoms with Crippen LogP contribution in [0.15, 0.2) is 0 Å². The van der Waals surface area contributed by atoms with E-state index in [0.717, 1.165) is 6.42 Å². The van der Waals surface area contributed by atoms with Crippen molar-refractivity contribution in [2.45, 2.75) is 25.8 Å². The highest BCUT2D eigenvalue weighted by molar-refractivity contribution is 5.90. The molecule has 3 rings (SSSR count). The number of rotatable bonds is 1. The molecule has 7 heteroatoms. The van der Waals surface area contributed by atoms with Gasteiger partial charge < -0.3 is 9.80 Å². The van der Waals surface area contributed by atoms with Crippen LogP contribution >= 0.6 is 0 Å². The lowest BCUT2D eigenvalue weighted by atomic mass is 10.1. The molecule has 1 aromatic rings. The molecule has 0 aromatic carbocycles. The summed E-state index contributed by atoms with van der Waals surface area (Å²) in [5, 5.41) is 6.55. The molecule has 96 valence electrons. The van der Waals surface area contributed by atoms with E-state index in [-0.39, 0.29) is 23.7 Å². The Morgan fingerprint density at radius 2 is 2.28 bits per heavy atom. The number of aryl methyl sites for hydroxylation is 1. The number of aromatic amines is 1. The second-order valence-corrected chi connectivity index (χ2v) is 4.78. The van der Waals surface area contributed by atoms with Gasteiger partial charge in [-0.25, -0.2) is 4.98 Å². The monoisotopic (exact) mass is 249 g/mol. The molecule has 2 aliphatic heterocycles. The third kappa shape index (κ3) is 1.75. The molecule has 0 aliphatic carbocycles. The van der Waals surface area contributed by atoms with Gasteiger partial charge in [-0.15, -0.1) is 5.10 Å². The van der Waals surface area contributed by atoms with Crippen LogP contribution in [0.2, 0.25) is 0 Å². The van der Waals surface area contributed by atoms with Crippen LogP contribution in [-0.2, 0) is 4.79 Å². The maximum absolute atomic E-state index is 12.2. The first-order valence-electron chi connectivity index (χ1n) is 6.13. The summed E-state index contributed by atoms with van der Waals surface area (Å²) < 4.78 is 0. The molecule has 2 saturated heterocycles. The summed E-state index contributed by atoms with van der Waals surface area (Å²) in [6, 6.07) is 0.176. The standard InChI is InChI=1S/C11H15N5O2/c1-7-12-10(14-13-7)11(18)15-4-5-16-8(6-15)2-3-9(16)17/h8H,2-6H2,1H3,(H,12,13,14). The lowest BCUT2D eigenvalue weighted by Crippen LogP contribution is -2.53. The number of piperazine rings is 1. The van der Waals surface area contributed by atoms with Crippen molar-refractivity contribution in [3.05, 3.63) is 11.6 Å². The van der Waals surface area contributed by atoms with E-state index in [1.807, 2.05) is 4.90 Å². The number of hydrogen-bond acceptors (Lipinski definition) is 4.